The number of rotatable bonds is 57. The minimum Gasteiger partial charge on any atom is -0.462 e. The van der Waals surface area contributed by atoms with Crippen LogP contribution in [0, 0.1) is 0 Å². The lowest BCUT2D eigenvalue weighted by molar-refractivity contribution is -0.167. The SMILES string of the molecule is CC/C=C\C/C=C\C/C=C\C/C=C\C/C=C\C/C=C\C/C=C\CCCC(=O)OCC(COC(=O)CCCCCCCCCCCCC)OC(=O)CCCCCCCCCCCCCCCCCCCCCCCC. The lowest BCUT2D eigenvalue weighted by Crippen LogP contribution is -2.30. The molecule has 1 unspecified atom stereocenters. The smallest absolute Gasteiger partial charge is 0.306 e. The van der Waals surface area contributed by atoms with Gasteiger partial charge in [-0.05, 0) is 70.6 Å². The Labute approximate surface area is 458 Å². The van der Waals surface area contributed by atoms with Crippen LogP contribution in [-0.4, -0.2) is 37.2 Å². The number of hydrogen-bond acceptors (Lipinski definition) is 6. The van der Waals surface area contributed by atoms with E-state index in [-0.39, 0.29) is 37.5 Å². The molecule has 0 N–H and O–H groups in total. The van der Waals surface area contributed by atoms with Gasteiger partial charge in [-0.1, -0.05) is 305 Å². The molecule has 0 aliphatic carbocycles. The van der Waals surface area contributed by atoms with Crippen LogP contribution < -0.4 is 0 Å². The van der Waals surface area contributed by atoms with Crippen molar-refractivity contribution >= 4 is 17.9 Å². The largest absolute Gasteiger partial charge is 0.462 e. The summed E-state index contributed by atoms with van der Waals surface area (Å²) >= 11 is 0. The number of esters is 3. The van der Waals surface area contributed by atoms with Crippen LogP contribution in [0.3, 0.4) is 0 Å². The van der Waals surface area contributed by atoms with Gasteiger partial charge in [-0.15, -0.1) is 0 Å². The molecule has 0 radical (unpaired) electrons. The third kappa shape index (κ3) is 59.5. The van der Waals surface area contributed by atoms with E-state index < -0.39 is 6.10 Å². The number of hydrogen-bond donors (Lipinski definition) is 0. The van der Waals surface area contributed by atoms with Crippen LogP contribution in [0.15, 0.2) is 85.1 Å². The Bertz CT molecular complexity index is 1420. The fraction of sp³-hybridized carbons (Fsp3) is 0.750. The number of unbranched alkanes of at least 4 members (excludes halogenated alkanes) is 32. The van der Waals surface area contributed by atoms with Crippen molar-refractivity contribution in [2.45, 2.75) is 316 Å². The fourth-order valence-electron chi connectivity index (χ4n) is 8.96. The molecule has 0 saturated heterocycles. The van der Waals surface area contributed by atoms with Crippen LogP contribution in [-0.2, 0) is 28.6 Å². The molecule has 0 aliphatic heterocycles. The third-order valence-electron chi connectivity index (χ3n) is 13.7. The Hall–Kier alpha value is -3.41. The lowest BCUT2D eigenvalue weighted by Gasteiger charge is -2.18. The summed E-state index contributed by atoms with van der Waals surface area (Å²) in [6, 6.07) is 0. The molecule has 426 valence electrons. The highest BCUT2D eigenvalue weighted by atomic mass is 16.6. The maximum atomic E-state index is 12.9. The van der Waals surface area contributed by atoms with E-state index >= 15 is 0 Å². The summed E-state index contributed by atoms with van der Waals surface area (Å²) in [5, 5.41) is 0. The number of allylic oxidation sites excluding steroid dienone is 14. The first-order chi connectivity index (χ1) is 36.5. The molecule has 0 aromatic heterocycles. The van der Waals surface area contributed by atoms with Crippen molar-refractivity contribution < 1.29 is 28.6 Å². The molecular formula is C68H118O6. The third-order valence-corrected chi connectivity index (χ3v) is 13.7. The quantitative estimate of drug-likeness (QED) is 0.0261. The van der Waals surface area contributed by atoms with E-state index in [1.165, 1.54) is 173 Å². The highest BCUT2D eigenvalue weighted by molar-refractivity contribution is 5.71. The van der Waals surface area contributed by atoms with Gasteiger partial charge in [0.1, 0.15) is 13.2 Å². The summed E-state index contributed by atoms with van der Waals surface area (Å²) in [5.74, 6) is -0.940. The van der Waals surface area contributed by atoms with Crippen LogP contribution in [0.25, 0.3) is 0 Å². The van der Waals surface area contributed by atoms with E-state index in [1.54, 1.807) is 0 Å². The van der Waals surface area contributed by atoms with Gasteiger partial charge >= 0.3 is 17.9 Å². The Balaban J connectivity index is 4.37. The minimum atomic E-state index is -0.797. The van der Waals surface area contributed by atoms with Crippen molar-refractivity contribution in [2.75, 3.05) is 13.2 Å². The first-order valence-corrected chi connectivity index (χ1v) is 31.6. The van der Waals surface area contributed by atoms with Crippen LogP contribution in [0.2, 0.25) is 0 Å². The van der Waals surface area contributed by atoms with E-state index in [0.29, 0.717) is 19.3 Å². The summed E-state index contributed by atoms with van der Waals surface area (Å²) in [7, 11) is 0. The highest BCUT2D eigenvalue weighted by Gasteiger charge is 2.19. The van der Waals surface area contributed by atoms with Crippen molar-refractivity contribution in [3.05, 3.63) is 85.1 Å². The molecule has 0 aliphatic rings. The number of carbonyl (C=O) groups excluding carboxylic acids is 3. The number of carbonyl (C=O) groups is 3. The Morgan fingerprint density at radius 2 is 0.527 bits per heavy atom. The van der Waals surface area contributed by atoms with Crippen molar-refractivity contribution in [1.82, 2.24) is 0 Å². The standard InChI is InChI=1S/C68H118O6/c1-4-7-10-13-16-19-22-24-26-28-30-32-34-36-37-39-41-43-46-49-52-55-58-61-67(70)73-64-65(63-72-66(69)60-57-54-51-48-45-21-18-15-12-9-6-3)74-68(71)62-59-56-53-50-47-44-42-40-38-35-33-31-29-27-25-23-20-17-14-11-8-5-2/h7,10,16,19,24,26,30,32,36-37,41,43,49,52,65H,4-6,8-9,11-15,17-18,20-23,25,27-29,31,33-35,38-40,42,44-48,50-51,53-64H2,1-3H3/b10-7-,19-16-,26-24-,32-30-,37-36-,43-41-,52-49-. The molecule has 0 saturated carbocycles. The van der Waals surface area contributed by atoms with Crippen LogP contribution >= 0.6 is 0 Å². The molecule has 0 fully saturated rings. The van der Waals surface area contributed by atoms with Gasteiger partial charge in [0.05, 0.1) is 0 Å². The van der Waals surface area contributed by atoms with Gasteiger partial charge in [0, 0.05) is 19.3 Å². The summed E-state index contributed by atoms with van der Waals surface area (Å²) < 4.78 is 16.9. The minimum absolute atomic E-state index is 0.0907. The predicted octanol–water partition coefficient (Wildman–Crippen LogP) is 21.5. The van der Waals surface area contributed by atoms with Gasteiger partial charge in [-0.25, -0.2) is 0 Å². The van der Waals surface area contributed by atoms with Gasteiger partial charge in [-0.3, -0.25) is 14.4 Å². The van der Waals surface area contributed by atoms with E-state index in [2.05, 4.69) is 106 Å². The first kappa shape index (κ1) is 70.6. The molecule has 0 amide bonds. The topological polar surface area (TPSA) is 78.9 Å². The average molecular weight is 1030 g/mol. The zero-order valence-electron chi connectivity index (χ0n) is 48.8. The molecule has 6 nitrogen and oxygen atoms in total. The average Bonchev–Trinajstić information content (AvgIpc) is 3.40. The summed E-state index contributed by atoms with van der Waals surface area (Å²) in [6.45, 7) is 6.51. The van der Waals surface area contributed by atoms with Crippen molar-refractivity contribution in [2.24, 2.45) is 0 Å². The Kier molecular flexibility index (Phi) is 59.3. The monoisotopic (exact) mass is 1030 g/mol. The maximum absolute atomic E-state index is 12.9. The zero-order valence-corrected chi connectivity index (χ0v) is 48.8. The highest BCUT2D eigenvalue weighted by Crippen LogP contribution is 2.17. The lowest BCUT2D eigenvalue weighted by atomic mass is 10.0. The molecular weight excluding hydrogens is 913 g/mol. The van der Waals surface area contributed by atoms with Crippen LogP contribution in [0.1, 0.15) is 310 Å². The molecule has 74 heavy (non-hydrogen) atoms. The second kappa shape index (κ2) is 62.1. The predicted molar refractivity (Wildman–Crippen MR) is 321 cm³/mol. The molecule has 0 aromatic carbocycles. The Morgan fingerprint density at radius 1 is 0.284 bits per heavy atom. The maximum Gasteiger partial charge on any atom is 0.306 e. The summed E-state index contributed by atoms with van der Waals surface area (Å²) in [6.07, 6.45) is 81.7. The molecule has 0 heterocycles. The van der Waals surface area contributed by atoms with Crippen molar-refractivity contribution in [3.63, 3.8) is 0 Å². The molecule has 0 aromatic rings. The van der Waals surface area contributed by atoms with Crippen LogP contribution in [0.4, 0.5) is 0 Å². The van der Waals surface area contributed by atoms with Gasteiger partial charge in [0.2, 0.25) is 0 Å². The van der Waals surface area contributed by atoms with Gasteiger partial charge in [0.15, 0.2) is 6.10 Å². The normalized spacial score (nSPS) is 12.6. The van der Waals surface area contributed by atoms with E-state index in [9.17, 15) is 14.4 Å². The van der Waals surface area contributed by atoms with E-state index in [0.717, 1.165) is 89.9 Å². The van der Waals surface area contributed by atoms with E-state index in [1.807, 2.05) is 0 Å². The zero-order chi connectivity index (χ0) is 53.6. The molecule has 0 rings (SSSR count). The number of ether oxygens (including phenoxy) is 3. The van der Waals surface area contributed by atoms with Gasteiger partial charge < -0.3 is 14.2 Å². The summed E-state index contributed by atoms with van der Waals surface area (Å²) in [4.78, 5) is 38.2. The van der Waals surface area contributed by atoms with Gasteiger partial charge in [-0.2, -0.15) is 0 Å². The first-order valence-electron chi connectivity index (χ1n) is 31.6. The molecule has 1 atom stereocenters. The fourth-order valence-corrected chi connectivity index (χ4v) is 8.96. The van der Waals surface area contributed by atoms with Crippen LogP contribution in [0.5, 0.6) is 0 Å². The second-order valence-electron chi connectivity index (χ2n) is 21.0. The molecule has 0 bridgehead atoms. The Morgan fingerprint density at radius 3 is 0.824 bits per heavy atom. The summed E-state index contributed by atoms with van der Waals surface area (Å²) in [5.41, 5.74) is 0. The van der Waals surface area contributed by atoms with E-state index in [4.69, 9.17) is 14.2 Å². The van der Waals surface area contributed by atoms with Crippen molar-refractivity contribution in [1.29, 1.82) is 0 Å². The second-order valence-corrected chi connectivity index (χ2v) is 21.0. The van der Waals surface area contributed by atoms with Crippen molar-refractivity contribution in [3.8, 4) is 0 Å². The molecule has 0 spiro atoms. The van der Waals surface area contributed by atoms with Gasteiger partial charge in [0.25, 0.3) is 0 Å². The molecule has 6 heteroatoms.